The zero-order valence-electron chi connectivity index (χ0n) is 6.87. The highest BCUT2D eigenvalue weighted by Gasteiger charge is 2.05. The number of hydrogen-bond acceptors (Lipinski definition) is 2. The van der Waals surface area contributed by atoms with Crippen molar-refractivity contribution in [3.63, 3.8) is 0 Å². The molecule has 0 fully saturated rings. The fourth-order valence-electron chi connectivity index (χ4n) is 1.21. The molecule has 3 nitrogen and oxygen atoms in total. The summed E-state index contributed by atoms with van der Waals surface area (Å²) in [6.45, 7) is 2.03. The Morgan fingerprint density at radius 1 is 1.42 bits per heavy atom. The van der Waals surface area contributed by atoms with E-state index in [0.717, 1.165) is 21.1 Å². The third kappa shape index (κ3) is 0.948. The van der Waals surface area contributed by atoms with Crippen molar-refractivity contribution in [1.82, 2.24) is 15.0 Å². The third-order valence-electron chi connectivity index (χ3n) is 1.97. The molecule has 2 rings (SSSR count). The normalized spacial score (nSPS) is 10.9. The van der Waals surface area contributed by atoms with Crippen LogP contribution in [0.15, 0.2) is 16.6 Å². The Bertz CT molecular complexity index is 433. The second-order valence-electron chi connectivity index (χ2n) is 2.75. The van der Waals surface area contributed by atoms with E-state index in [2.05, 4.69) is 26.2 Å². The molecular formula is C8H8BrN3. The lowest BCUT2D eigenvalue weighted by molar-refractivity contribution is 0.736. The molecule has 0 aliphatic heterocycles. The molecule has 1 aromatic carbocycles. The minimum atomic E-state index is 0.965. The van der Waals surface area contributed by atoms with Crippen molar-refractivity contribution >= 4 is 27.0 Å². The summed E-state index contributed by atoms with van der Waals surface area (Å²) in [5.41, 5.74) is 3.17. The Balaban J connectivity index is 2.93. The van der Waals surface area contributed by atoms with Gasteiger partial charge < -0.3 is 0 Å². The summed E-state index contributed by atoms with van der Waals surface area (Å²) in [7, 11) is 1.89. The quantitative estimate of drug-likeness (QED) is 0.688. The van der Waals surface area contributed by atoms with Gasteiger partial charge in [0.15, 0.2) is 0 Å². The average Bonchev–Trinajstić information content (AvgIpc) is 2.41. The zero-order chi connectivity index (χ0) is 8.72. The van der Waals surface area contributed by atoms with E-state index < -0.39 is 0 Å². The first-order chi connectivity index (χ1) is 5.70. The lowest BCUT2D eigenvalue weighted by Crippen LogP contribution is -1.88. The van der Waals surface area contributed by atoms with Crippen LogP contribution in [-0.2, 0) is 7.05 Å². The lowest BCUT2D eigenvalue weighted by atomic mass is 10.2. The number of aryl methyl sites for hydroxylation is 2. The van der Waals surface area contributed by atoms with Gasteiger partial charge in [0.2, 0.25) is 0 Å². The Morgan fingerprint density at radius 3 is 2.92 bits per heavy atom. The molecular weight excluding hydrogens is 218 g/mol. The molecule has 0 unspecified atom stereocenters. The standard InChI is InChI=1S/C8H8BrN3/c1-5-6(9)3-4-7-8(5)10-11-12(7)2/h3-4H,1-2H3. The van der Waals surface area contributed by atoms with E-state index in [4.69, 9.17) is 0 Å². The van der Waals surface area contributed by atoms with Gasteiger partial charge in [0, 0.05) is 11.5 Å². The first-order valence-corrected chi connectivity index (χ1v) is 4.44. The van der Waals surface area contributed by atoms with E-state index in [0.29, 0.717) is 0 Å². The Labute approximate surface area is 78.5 Å². The minimum absolute atomic E-state index is 0.965. The number of halogens is 1. The first kappa shape index (κ1) is 7.73. The molecule has 1 aromatic heterocycles. The van der Waals surface area contributed by atoms with Crippen LogP contribution in [0.25, 0.3) is 11.0 Å². The van der Waals surface area contributed by atoms with Crippen molar-refractivity contribution in [3.8, 4) is 0 Å². The molecule has 0 radical (unpaired) electrons. The van der Waals surface area contributed by atoms with Crippen LogP contribution in [-0.4, -0.2) is 15.0 Å². The molecule has 62 valence electrons. The number of fused-ring (bicyclic) bond motifs is 1. The van der Waals surface area contributed by atoms with Crippen LogP contribution in [0, 0.1) is 6.92 Å². The Hall–Kier alpha value is -0.900. The lowest BCUT2D eigenvalue weighted by Gasteiger charge is -1.97. The van der Waals surface area contributed by atoms with Gasteiger partial charge in [-0.25, -0.2) is 4.68 Å². The van der Waals surface area contributed by atoms with Crippen LogP contribution in [0.3, 0.4) is 0 Å². The van der Waals surface area contributed by atoms with E-state index in [-0.39, 0.29) is 0 Å². The topological polar surface area (TPSA) is 30.7 Å². The van der Waals surface area contributed by atoms with Gasteiger partial charge in [-0.15, -0.1) is 5.10 Å². The highest BCUT2D eigenvalue weighted by atomic mass is 79.9. The number of benzene rings is 1. The molecule has 1 heterocycles. The van der Waals surface area contributed by atoms with Gasteiger partial charge in [0.05, 0.1) is 5.52 Å². The van der Waals surface area contributed by atoms with Crippen LogP contribution in [0.2, 0.25) is 0 Å². The van der Waals surface area contributed by atoms with E-state index in [1.54, 1.807) is 4.68 Å². The van der Waals surface area contributed by atoms with E-state index in [9.17, 15) is 0 Å². The summed E-state index contributed by atoms with van der Waals surface area (Å²) in [6.07, 6.45) is 0. The summed E-state index contributed by atoms with van der Waals surface area (Å²) in [5.74, 6) is 0. The molecule has 4 heteroatoms. The predicted molar refractivity (Wildman–Crippen MR) is 50.9 cm³/mol. The van der Waals surface area contributed by atoms with Crippen LogP contribution in [0.5, 0.6) is 0 Å². The molecule has 12 heavy (non-hydrogen) atoms. The largest absolute Gasteiger partial charge is 0.248 e. The van der Waals surface area contributed by atoms with Crippen molar-refractivity contribution in [2.75, 3.05) is 0 Å². The van der Waals surface area contributed by atoms with Gasteiger partial charge in [-0.2, -0.15) is 0 Å². The molecule has 0 bridgehead atoms. The maximum atomic E-state index is 4.06. The summed E-state index contributed by atoms with van der Waals surface area (Å²) in [5, 5.41) is 8.01. The second-order valence-corrected chi connectivity index (χ2v) is 3.61. The first-order valence-electron chi connectivity index (χ1n) is 3.64. The fourth-order valence-corrected chi connectivity index (χ4v) is 1.53. The maximum absolute atomic E-state index is 4.06. The molecule has 0 spiro atoms. The minimum Gasteiger partial charge on any atom is -0.248 e. The van der Waals surface area contributed by atoms with E-state index >= 15 is 0 Å². The molecule has 0 saturated heterocycles. The second kappa shape index (κ2) is 2.55. The van der Waals surface area contributed by atoms with Crippen molar-refractivity contribution in [2.45, 2.75) is 6.92 Å². The fraction of sp³-hybridized carbons (Fsp3) is 0.250. The van der Waals surface area contributed by atoms with Crippen LogP contribution >= 0.6 is 15.9 Å². The number of hydrogen-bond donors (Lipinski definition) is 0. The van der Waals surface area contributed by atoms with Crippen LogP contribution in [0.4, 0.5) is 0 Å². The molecule has 2 aromatic rings. The van der Waals surface area contributed by atoms with E-state index in [1.165, 1.54) is 0 Å². The zero-order valence-corrected chi connectivity index (χ0v) is 8.46. The SMILES string of the molecule is Cc1c(Br)ccc2c1nnn2C. The van der Waals surface area contributed by atoms with Gasteiger partial charge >= 0.3 is 0 Å². The molecule has 0 amide bonds. The van der Waals surface area contributed by atoms with Gasteiger partial charge in [0.25, 0.3) is 0 Å². The predicted octanol–water partition coefficient (Wildman–Crippen LogP) is 2.04. The van der Waals surface area contributed by atoms with Crippen molar-refractivity contribution in [2.24, 2.45) is 7.05 Å². The van der Waals surface area contributed by atoms with Crippen LogP contribution < -0.4 is 0 Å². The van der Waals surface area contributed by atoms with Crippen molar-refractivity contribution in [3.05, 3.63) is 22.2 Å². The average molecular weight is 226 g/mol. The van der Waals surface area contributed by atoms with Gasteiger partial charge in [0.1, 0.15) is 5.52 Å². The molecule has 0 aliphatic carbocycles. The smallest absolute Gasteiger partial charge is 0.117 e. The van der Waals surface area contributed by atoms with Gasteiger partial charge in [-0.1, -0.05) is 21.1 Å². The van der Waals surface area contributed by atoms with E-state index in [1.807, 2.05) is 26.1 Å². The molecule has 0 atom stereocenters. The summed E-state index contributed by atoms with van der Waals surface area (Å²) in [4.78, 5) is 0. The van der Waals surface area contributed by atoms with Crippen molar-refractivity contribution in [1.29, 1.82) is 0 Å². The summed E-state index contributed by atoms with van der Waals surface area (Å²) in [6, 6.07) is 4.02. The Kier molecular flexibility index (Phi) is 1.65. The van der Waals surface area contributed by atoms with Gasteiger partial charge in [-0.3, -0.25) is 0 Å². The third-order valence-corrected chi connectivity index (χ3v) is 2.83. The van der Waals surface area contributed by atoms with Crippen molar-refractivity contribution < 1.29 is 0 Å². The molecule has 0 N–H and O–H groups in total. The number of rotatable bonds is 0. The van der Waals surface area contributed by atoms with Crippen LogP contribution in [0.1, 0.15) is 5.56 Å². The molecule has 0 aliphatic rings. The van der Waals surface area contributed by atoms with Gasteiger partial charge in [-0.05, 0) is 24.6 Å². The number of nitrogens with zero attached hydrogens (tertiary/aromatic N) is 3. The highest BCUT2D eigenvalue weighted by Crippen LogP contribution is 2.22. The maximum Gasteiger partial charge on any atom is 0.117 e. The monoisotopic (exact) mass is 225 g/mol. The summed E-state index contributed by atoms with van der Waals surface area (Å²) >= 11 is 3.45. The summed E-state index contributed by atoms with van der Waals surface area (Å²) < 4.78 is 2.85. The molecule has 0 saturated carbocycles. The Morgan fingerprint density at radius 2 is 2.17 bits per heavy atom. The highest BCUT2D eigenvalue weighted by molar-refractivity contribution is 9.10. The number of aromatic nitrogens is 3.